The lowest BCUT2D eigenvalue weighted by atomic mass is 10.0. The molecular weight excluding hydrogens is 216 g/mol. The van der Waals surface area contributed by atoms with Gasteiger partial charge in [-0.3, -0.25) is 0 Å². The number of aryl methyl sites for hydroxylation is 2. The zero-order chi connectivity index (χ0) is 13.0. The van der Waals surface area contributed by atoms with Crippen LogP contribution in [0.3, 0.4) is 0 Å². The summed E-state index contributed by atoms with van der Waals surface area (Å²) in [6.07, 6.45) is 6.17. The van der Waals surface area contributed by atoms with Crippen LogP contribution >= 0.6 is 0 Å². The third-order valence-electron chi connectivity index (χ3n) is 2.90. The summed E-state index contributed by atoms with van der Waals surface area (Å²) in [4.78, 5) is 0. The molecule has 0 N–H and O–H groups in total. The molecule has 0 saturated carbocycles. The van der Waals surface area contributed by atoms with Gasteiger partial charge in [-0.25, -0.2) is 0 Å². The SMILES string of the molecule is C=Cc1cc(C)cc(/C=C/c2ccc(C)cc2)c1. The monoisotopic (exact) mass is 234 g/mol. The smallest absolute Gasteiger partial charge is 0.0248 e. The van der Waals surface area contributed by atoms with E-state index in [9.17, 15) is 0 Å². The van der Waals surface area contributed by atoms with Crippen LogP contribution in [-0.2, 0) is 0 Å². The first kappa shape index (κ1) is 12.4. The second-order valence-corrected chi connectivity index (χ2v) is 4.63. The molecule has 0 saturated heterocycles. The van der Waals surface area contributed by atoms with Crippen LogP contribution in [0.2, 0.25) is 0 Å². The van der Waals surface area contributed by atoms with Crippen molar-refractivity contribution in [2.45, 2.75) is 13.8 Å². The highest BCUT2D eigenvalue weighted by Crippen LogP contribution is 2.14. The molecule has 0 nitrogen and oxygen atoms in total. The molecule has 2 aromatic rings. The minimum Gasteiger partial charge on any atom is -0.0985 e. The molecule has 0 spiro atoms. The van der Waals surface area contributed by atoms with E-state index in [1.807, 2.05) is 6.08 Å². The molecule has 0 radical (unpaired) electrons. The molecule has 0 heteroatoms. The van der Waals surface area contributed by atoms with Crippen LogP contribution in [0, 0.1) is 13.8 Å². The Morgan fingerprint density at radius 2 is 1.33 bits per heavy atom. The summed E-state index contributed by atoms with van der Waals surface area (Å²) in [6.45, 7) is 8.03. The maximum atomic E-state index is 3.82. The number of hydrogen-bond acceptors (Lipinski definition) is 0. The van der Waals surface area contributed by atoms with E-state index in [-0.39, 0.29) is 0 Å². The summed E-state index contributed by atoms with van der Waals surface area (Å²) < 4.78 is 0. The van der Waals surface area contributed by atoms with E-state index in [0.29, 0.717) is 0 Å². The van der Waals surface area contributed by atoms with Crippen molar-refractivity contribution in [1.29, 1.82) is 0 Å². The highest BCUT2D eigenvalue weighted by Gasteiger charge is 1.93. The van der Waals surface area contributed by atoms with E-state index in [4.69, 9.17) is 0 Å². The van der Waals surface area contributed by atoms with Crippen LogP contribution in [0.1, 0.15) is 27.8 Å². The van der Waals surface area contributed by atoms with Crippen molar-refractivity contribution in [2.75, 3.05) is 0 Å². The number of rotatable bonds is 3. The highest BCUT2D eigenvalue weighted by molar-refractivity contribution is 5.71. The van der Waals surface area contributed by atoms with Crippen molar-refractivity contribution in [2.24, 2.45) is 0 Å². The normalized spacial score (nSPS) is 10.8. The zero-order valence-electron chi connectivity index (χ0n) is 11.0. The Morgan fingerprint density at radius 1 is 0.722 bits per heavy atom. The molecule has 0 aromatic heterocycles. The lowest BCUT2D eigenvalue weighted by Gasteiger charge is -2.01. The lowest BCUT2D eigenvalue weighted by molar-refractivity contribution is 1.44. The van der Waals surface area contributed by atoms with Crippen LogP contribution in [0.15, 0.2) is 49.0 Å². The molecule has 0 unspecified atom stereocenters. The molecule has 90 valence electrons. The van der Waals surface area contributed by atoms with Crippen LogP contribution in [0.5, 0.6) is 0 Å². The van der Waals surface area contributed by atoms with E-state index >= 15 is 0 Å². The first-order chi connectivity index (χ1) is 8.67. The molecule has 0 aliphatic heterocycles. The zero-order valence-corrected chi connectivity index (χ0v) is 11.0. The van der Waals surface area contributed by atoms with Crippen molar-refractivity contribution in [3.05, 3.63) is 76.9 Å². The second kappa shape index (κ2) is 5.50. The number of hydrogen-bond donors (Lipinski definition) is 0. The van der Waals surface area contributed by atoms with Crippen molar-refractivity contribution in [3.8, 4) is 0 Å². The average Bonchev–Trinajstić information content (AvgIpc) is 2.37. The largest absolute Gasteiger partial charge is 0.0985 e. The van der Waals surface area contributed by atoms with E-state index in [2.05, 4.69) is 75.0 Å². The summed E-state index contributed by atoms with van der Waals surface area (Å²) >= 11 is 0. The van der Waals surface area contributed by atoms with Gasteiger partial charge in [0.05, 0.1) is 0 Å². The lowest BCUT2D eigenvalue weighted by Crippen LogP contribution is -1.80. The number of benzene rings is 2. The van der Waals surface area contributed by atoms with Gasteiger partial charge in [-0.2, -0.15) is 0 Å². The Kier molecular flexibility index (Phi) is 3.78. The minimum atomic E-state index is 1.17. The third-order valence-corrected chi connectivity index (χ3v) is 2.90. The Balaban J connectivity index is 2.25. The molecule has 0 aliphatic carbocycles. The van der Waals surface area contributed by atoms with E-state index < -0.39 is 0 Å². The van der Waals surface area contributed by atoms with E-state index in [0.717, 1.165) is 0 Å². The highest BCUT2D eigenvalue weighted by atomic mass is 14.0. The van der Waals surface area contributed by atoms with Gasteiger partial charge in [-0.1, -0.05) is 66.8 Å². The van der Waals surface area contributed by atoms with Crippen LogP contribution in [0.4, 0.5) is 0 Å². The van der Waals surface area contributed by atoms with E-state index in [1.165, 1.54) is 27.8 Å². The maximum Gasteiger partial charge on any atom is -0.0248 e. The summed E-state index contributed by atoms with van der Waals surface area (Å²) in [5.74, 6) is 0. The predicted molar refractivity (Wildman–Crippen MR) is 81.4 cm³/mol. The van der Waals surface area contributed by atoms with Crippen LogP contribution < -0.4 is 0 Å². The van der Waals surface area contributed by atoms with Gasteiger partial charge in [-0.15, -0.1) is 0 Å². The summed E-state index contributed by atoms with van der Waals surface area (Å²) in [5, 5.41) is 0. The van der Waals surface area contributed by atoms with Gasteiger partial charge in [0.1, 0.15) is 0 Å². The second-order valence-electron chi connectivity index (χ2n) is 4.63. The Morgan fingerprint density at radius 3 is 2.00 bits per heavy atom. The summed E-state index contributed by atoms with van der Waals surface area (Å²) in [6, 6.07) is 15.0. The topological polar surface area (TPSA) is 0 Å². The van der Waals surface area contributed by atoms with Crippen LogP contribution in [0.25, 0.3) is 18.2 Å². The summed E-state index contributed by atoms with van der Waals surface area (Å²) in [7, 11) is 0. The van der Waals surface area contributed by atoms with Crippen molar-refractivity contribution in [1.82, 2.24) is 0 Å². The minimum absolute atomic E-state index is 1.17. The quantitative estimate of drug-likeness (QED) is 0.647. The maximum absolute atomic E-state index is 3.82. The molecule has 2 aromatic carbocycles. The first-order valence-corrected chi connectivity index (χ1v) is 6.16. The fourth-order valence-electron chi connectivity index (χ4n) is 1.93. The van der Waals surface area contributed by atoms with Gasteiger partial charge in [0.25, 0.3) is 0 Å². The molecular formula is C18H18. The van der Waals surface area contributed by atoms with Crippen molar-refractivity contribution < 1.29 is 0 Å². The predicted octanol–water partition coefficient (Wildman–Crippen LogP) is 5.12. The molecule has 0 amide bonds. The molecule has 0 bridgehead atoms. The van der Waals surface area contributed by atoms with Gasteiger partial charge in [0.2, 0.25) is 0 Å². The fraction of sp³-hybridized carbons (Fsp3) is 0.111. The van der Waals surface area contributed by atoms with Gasteiger partial charge in [0.15, 0.2) is 0 Å². The van der Waals surface area contributed by atoms with Gasteiger partial charge < -0.3 is 0 Å². The molecule has 0 aliphatic rings. The molecule has 0 atom stereocenters. The fourth-order valence-corrected chi connectivity index (χ4v) is 1.93. The molecule has 0 fully saturated rings. The summed E-state index contributed by atoms with van der Waals surface area (Å²) in [5.41, 5.74) is 6.15. The van der Waals surface area contributed by atoms with Gasteiger partial charge in [0, 0.05) is 0 Å². The molecule has 2 rings (SSSR count). The van der Waals surface area contributed by atoms with E-state index in [1.54, 1.807) is 0 Å². The Bertz CT molecular complexity index is 571. The average molecular weight is 234 g/mol. The Hall–Kier alpha value is -2.08. The van der Waals surface area contributed by atoms with Crippen LogP contribution in [-0.4, -0.2) is 0 Å². The van der Waals surface area contributed by atoms with Crippen molar-refractivity contribution in [3.63, 3.8) is 0 Å². The third kappa shape index (κ3) is 3.21. The van der Waals surface area contributed by atoms with Gasteiger partial charge in [-0.05, 0) is 42.2 Å². The molecule has 18 heavy (non-hydrogen) atoms. The standard InChI is InChI=1S/C18H18/c1-4-16-11-15(3)12-18(13-16)10-9-17-7-5-14(2)6-8-17/h4-13H,1H2,2-3H3/b10-9+. The Labute approximate surface area is 109 Å². The first-order valence-electron chi connectivity index (χ1n) is 6.16. The molecule has 0 heterocycles. The van der Waals surface area contributed by atoms with Crippen molar-refractivity contribution >= 4 is 18.2 Å². The van der Waals surface area contributed by atoms with Gasteiger partial charge >= 0.3 is 0 Å².